The van der Waals surface area contributed by atoms with Crippen LogP contribution in [0.4, 0.5) is 27.6 Å². The van der Waals surface area contributed by atoms with E-state index in [2.05, 4.69) is 15.5 Å². The fourth-order valence-corrected chi connectivity index (χ4v) is 5.84. The summed E-state index contributed by atoms with van der Waals surface area (Å²) < 4.78 is 70.1. The number of benzene rings is 1. The minimum absolute atomic E-state index is 0.0258. The first-order valence-corrected chi connectivity index (χ1v) is 12.4. The lowest BCUT2D eigenvalue weighted by Gasteiger charge is -2.42. The summed E-state index contributed by atoms with van der Waals surface area (Å²) in [5.41, 5.74) is -3.01. The molecule has 2 saturated carbocycles. The number of nitrogens with zero attached hydrogens (tertiary/aromatic N) is 2. The number of rotatable bonds is 8. The number of pyridine rings is 1. The molecule has 0 bridgehead atoms. The molecule has 37 heavy (non-hydrogen) atoms. The van der Waals surface area contributed by atoms with Crippen LogP contribution < -0.4 is 16.2 Å². The van der Waals surface area contributed by atoms with Gasteiger partial charge in [-0.1, -0.05) is 18.2 Å². The standard InChI is InChI=1S/C26H29F5N4O2/c1-13(14-5-3-6-15(21(14)27)23(28)29)32-24(37)18-12-35(26(25(30)31)7-4-8-26)20(36)9-19(18)33-22-16-10-34(2)11-17(16)22/h3,5-6,9,12-13,16-17,22-23,25,33H,4,7-8,10-11H2,1-2H3,(H,32,37)/t13-,16-,17+,22?/m1/s1. The number of nitrogens with one attached hydrogen (secondary N) is 2. The number of hydrogen-bond acceptors (Lipinski definition) is 4. The van der Waals surface area contributed by atoms with Crippen molar-refractivity contribution in [2.45, 2.75) is 56.7 Å². The van der Waals surface area contributed by atoms with Crippen LogP contribution in [0.5, 0.6) is 0 Å². The molecule has 4 atom stereocenters. The average molecular weight is 525 g/mol. The number of halogens is 5. The van der Waals surface area contributed by atoms with Gasteiger partial charge in [-0.25, -0.2) is 22.0 Å². The fourth-order valence-electron chi connectivity index (χ4n) is 5.84. The average Bonchev–Trinajstić information content (AvgIpc) is 3.24. The number of amides is 1. The molecule has 2 N–H and O–H groups in total. The third-order valence-corrected chi connectivity index (χ3v) is 8.21. The van der Waals surface area contributed by atoms with E-state index in [0.29, 0.717) is 18.3 Å². The molecule has 1 aliphatic heterocycles. The van der Waals surface area contributed by atoms with Crippen LogP contribution in [0.3, 0.4) is 0 Å². The number of piperidine rings is 1. The van der Waals surface area contributed by atoms with Crippen LogP contribution >= 0.6 is 0 Å². The van der Waals surface area contributed by atoms with Crippen LogP contribution in [0.25, 0.3) is 0 Å². The maximum absolute atomic E-state index is 14.7. The predicted octanol–water partition coefficient (Wildman–Crippen LogP) is 4.53. The van der Waals surface area contributed by atoms with E-state index in [1.54, 1.807) is 0 Å². The highest BCUT2D eigenvalue weighted by molar-refractivity contribution is 5.99. The van der Waals surface area contributed by atoms with Gasteiger partial charge in [0, 0.05) is 37.0 Å². The number of alkyl halides is 4. The molecule has 0 spiro atoms. The van der Waals surface area contributed by atoms with E-state index in [9.17, 15) is 31.5 Å². The smallest absolute Gasteiger partial charge is 0.266 e. The Morgan fingerprint density at radius 2 is 1.76 bits per heavy atom. The van der Waals surface area contributed by atoms with Crippen molar-refractivity contribution in [2.24, 2.45) is 11.8 Å². The van der Waals surface area contributed by atoms with Gasteiger partial charge in [0.2, 0.25) is 0 Å². The Balaban J connectivity index is 1.47. The Hall–Kier alpha value is -2.95. The summed E-state index contributed by atoms with van der Waals surface area (Å²) in [6.07, 6.45) is -3.90. The quantitative estimate of drug-likeness (QED) is 0.498. The first-order valence-electron chi connectivity index (χ1n) is 12.4. The second-order valence-corrected chi connectivity index (χ2v) is 10.5. The number of carbonyl (C=O) groups is 1. The highest BCUT2D eigenvalue weighted by Gasteiger charge is 2.55. The van der Waals surface area contributed by atoms with Crippen LogP contribution in [0, 0.1) is 17.7 Å². The number of aromatic nitrogens is 1. The van der Waals surface area contributed by atoms with Gasteiger partial charge in [0.25, 0.3) is 24.3 Å². The topological polar surface area (TPSA) is 66.4 Å². The van der Waals surface area contributed by atoms with Crippen molar-refractivity contribution in [3.8, 4) is 0 Å². The number of anilines is 1. The molecular weight excluding hydrogens is 495 g/mol. The van der Waals surface area contributed by atoms with Gasteiger partial charge in [0.1, 0.15) is 11.4 Å². The third kappa shape index (κ3) is 4.41. The van der Waals surface area contributed by atoms with Crippen LogP contribution in [0.2, 0.25) is 0 Å². The SMILES string of the molecule is C[C@@H](NC(=O)c1cn(C2(C(F)F)CCC2)c(=O)cc1NC1[C@H]2CN(C)C[C@@H]12)c1cccc(C(F)F)c1F. The van der Waals surface area contributed by atoms with Crippen molar-refractivity contribution in [1.29, 1.82) is 0 Å². The molecule has 2 aromatic rings. The molecular formula is C26H29F5N4O2. The summed E-state index contributed by atoms with van der Waals surface area (Å²) in [7, 11) is 2.01. The Kier molecular flexibility index (Phi) is 6.54. The first-order chi connectivity index (χ1) is 17.5. The summed E-state index contributed by atoms with van der Waals surface area (Å²) in [6, 6.07) is 3.78. The molecule has 0 radical (unpaired) electrons. The first kappa shape index (κ1) is 25.7. The van der Waals surface area contributed by atoms with E-state index in [1.807, 2.05) is 7.05 Å². The number of likely N-dealkylation sites (tertiary alicyclic amines) is 1. The van der Waals surface area contributed by atoms with Crippen molar-refractivity contribution in [3.63, 3.8) is 0 Å². The van der Waals surface area contributed by atoms with Crippen molar-refractivity contribution in [2.75, 3.05) is 25.5 Å². The highest BCUT2D eigenvalue weighted by atomic mass is 19.3. The Bertz CT molecular complexity index is 1250. The molecule has 3 aliphatic rings. The van der Waals surface area contributed by atoms with Gasteiger partial charge in [0.15, 0.2) is 0 Å². The molecule has 2 heterocycles. The van der Waals surface area contributed by atoms with Gasteiger partial charge in [0.05, 0.1) is 22.9 Å². The van der Waals surface area contributed by atoms with Gasteiger partial charge in [-0.05, 0) is 45.1 Å². The van der Waals surface area contributed by atoms with Crippen molar-refractivity contribution in [3.05, 3.63) is 63.3 Å². The number of fused-ring (bicyclic) bond motifs is 1. The molecule has 1 amide bonds. The molecule has 2 aliphatic carbocycles. The zero-order valence-electron chi connectivity index (χ0n) is 20.5. The van der Waals surface area contributed by atoms with E-state index < -0.39 is 47.3 Å². The van der Waals surface area contributed by atoms with Crippen LogP contribution in [-0.4, -0.2) is 48.0 Å². The van der Waals surface area contributed by atoms with Crippen LogP contribution in [0.1, 0.15) is 60.1 Å². The molecule has 1 unspecified atom stereocenters. The zero-order chi connectivity index (χ0) is 26.6. The van der Waals surface area contributed by atoms with Gasteiger partial charge >= 0.3 is 0 Å². The van der Waals surface area contributed by atoms with Crippen molar-refractivity contribution in [1.82, 2.24) is 14.8 Å². The summed E-state index contributed by atoms with van der Waals surface area (Å²) in [6.45, 7) is 3.18. The second kappa shape index (κ2) is 9.41. The molecule has 1 aromatic heterocycles. The van der Waals surface area contributed by atoms with Crippen LogP contribution in [-0.2, 0) is 5.54 Å². The maximum atomic E-state index is 14.7. The van der Waals surface area contributed by atoms with E-state index in [1.165, 1.54) is 25.1 Å². The van der Waals surface area contributed by atoms with E-state index >= 15 is 0 Å². The summed E-state index contributed by atoms with van der Waals surface area (Å²) >= 11 is 0. The Morgan fingerprint density at radius 1 is 1.11 bits per heavy atom. The second-order valence-electron chi connectivity index (χ2n) is 10.5. The largest absolute Gasteiger partial charge is 0.381 e. The lowest BCUT2D eigenvalue weighted by Crippen LogP contribution is -2.51. The molecule has 11 heteroatoms. The molecule has 1 saturated heterocycles. The van der Waals surface area contributed by atoms with Crippen molar-refractivity contribution < 1.29 is 26.7 Å². The minimum Gasteiger partial charge on any atom is -0.381 e. The lowest BCUT2D eigenvalue weighted by atomic mass is 9.76. The van der Waals surface area contributed by atoms with Gasteiger partial charge in [-0.15, -0.1) is 0 Å². The summed E-state index contributed by atoms with van der Waals surface area (Å²) in [5.74, 6) is -1.13. The Labute approximate surface area is 210 Å². The molecule has 6 nitrogen and oxygen atoms in total. The van der Waals surface area contributed by atoms with Gasteiger partial charge in [-0.3, -0.25) is 9.59 Å². The number of hydrogen-bond donors (Lipinski definition) is 2. The highest BCUT2D eigenvalue weighted by Crippen LogP contribution is 2.47. The van der Waals surface area contributed by atoms with Crippen molar-refractivity contribution >= 4 is 11.6 Å². The number of carbonyl (C=O) groups excluding carboxylic acids is 1. The maximum Gasteiger partial charge on any atom is 0.266 e. The predicted molar refractivity (Wildman–Crippen MR) is 128 cm³/mol. The Morgan fingerprint density at radius 3 is 2.32 bits per heavy atom. The van der Waals surface area contributed by atoms with Gasteiger partial charge < -0.3 is 20.1 Å². The molecule has 5 rings (SSSR count). The molecule has 3 fully saturated rings. The third-order valence-electron chi connectivity index (χ3n) is 8.21. The molecule has 200 valence electrons. The lowest BCUT2D eigenvalue weighted by molar-refractivity contribution is -0.0504. The zero-order valence-corrected chi connectivity index (χ0v) is 20.5. The van der Waals surface area contributed by atoms with E-state index in [0.717, 1.165) is 29.9 Å². The summed E-state index contributed by atoms with van der Waals surface area (Å²) in [4.78, 5) is 28.6. The van der Waals surface area contributed by atoms with E-state index in [-0.39, 0.29) is 35.7 Å². The molecule has 1 aromatic carbocycles. The van der Waals surface area contributed by atoms with E-state index in [4.69, 9.17) is 0 Å². The minimum atomic E-state index is -3.02. The fraction of sp³-hybridized carbons (Fsp3) is 0.538. The van der Waals surface area contributed by atoms with Gasteiger partial charge in [-0.2, -0.15) is 0 Å². The monoisotopic (exact) mass is 524 g/mol. The summed E-state index contributed by atoms with van der Waals surface area (Å²) in [5, 5.41) is 5.86. The van der Waals surface area contributed by atoms with Crippen LogP contribution in [0.15, 0.2) is 35.3 Å². The normalized spacial score (nSPS) is 25.1.